The number of nitrogens with one attached hydrogen (secondary N) is 1. The van der Waals surface area contributed by atoms with Gasteiger partial charge in [-0.05, 0) is 38.5 Å². The number of nitrogens with zero attached hydrogens (tertiary/aromatic N) is 5. The molecular formula is C21H33IN6O. The van der Waals surface area contributed by atoms with Gasteiger partial charge in [0.2, 0.25) is 0 Å². The van der Waals surface area contributed by atoms with E-state index < -0.39 is 0 Å². The van der Waals surface area contributed by atoms with E-state index in [2.05, 4.69) is 60.2 Å². The molecule has 160 valence electrons. The summed E-state index contributed by atoms with van der Waals surface area (Å²) in [6.07, 6.45) is 0. The topological polar surface area (TPSA) is 67.6 Å². The maximum absolute atomic E-state index is 5.24. The normalized spacial score (nSPS) is 17.3. The van der Waals surface area contributed by atoms with Crippen LogP contribution in [-0.4, -0.2) is 44.8 Å². The van der Waals surface area contributed by atoms with Crippen molar-refractivity contribution in [2.45, 2.75) is 53.2 Å². The van der Waals surface area contributed by atoms with E-state index in [4.69, 9.17) is 9.73 Å². The Morgan fingerprint density at radius 1 is 1.17 bits per heavy atom. The standard InChI is InChI=1S/C21H32N6O.HI/c1-15-24-25-18(26(15)6)13-23-19(27-14-20(2,3)21(27,4)5)22-12-16-8-10-17(28-7)11-9-16;/h8-11H,12-14H2,1-7H3,(H,22,23);1H. The number of rotatable bonds is 5. The molecule has 0 amide bonds. The monoisotopic (exact) mass is 512 g/mol. The second-order valence-corrected chi connectivity index (χ2v) is 8.59. The molecule has 3 rings (SSSR count). The van der Waals surface area contributed by atoms with Crippen molar-refractivity contribution in [1.82, 2.24) is 25.0 Å². The molecule has 7 nitrogen and oxygen atoms in total. The number of benzene rings is 1. The van der Waals surface area contributed by atoms with Crippen LogP contribution in [0.4, 0.5) is 0 Å². The minimum absolute atomic E-state index is 0. The molecule has 0 radical (unpaired) electrons. The van der Waals surface area contributed by atoms with Crippen LogP contribution in [0.3, 0.4) is 0 Å². The highest BCUT2D eigenvalue weighted by molar-refractivity contribution is 14.0. The minimum atomic E-state index is 0. The van der Waals surface area contributed by atoms with Crippen molar-refractivity contribution in [3.05, 3.63) is 41.5 Å². The average Bonchev–Trinajstić information content (AvgIpc) is 2.99. The number of aliphatic imine (C=N–C) groups is 1. The van der Waals surface area contributed by atoms with E-state index in [1.54, 1.807) is 7.11 Å². The van der Waals surface area contributed by atoms with Crippen LogP contribution in [0.15, 0.2) is 29.3 Å². The second kappa shape index (κ2) is 8.89. The van der Waals surface area contributed by atoms with E-state index in [-0.39, 0.29) is 34.9 Å². The van der Waals surface area contributed by atoms with E-state index in [1.165, 1.54) is 0 Å². The van der Waals surface area contributed by atoms with Crippen molar-refractivity contribution < 1.29 is 4.74 Å². The summed E-state index contributed by atoms with van der Waals surface area (Å²) in [6.45, 7) is 13.3. The van der Waals surface area contributed by atoms with Crippen molar-refractivity contribution >= 4 is 29.9 Å². The Morgan fingerprint density at radius 3 is 2.31 bits per heavy atom. The van der Waals surface area contributed by atoms with E-state index in [0.29, 0.717) is 13.1 Å². The molecule has 0 unspecified atom stereocenters. The molecule has 0 aliphatic carbocycles. The van der Waals surface area contributed by atoms with Crippen LogP contribution < -0.4 is 10.1 Å². The summed E-state index contributed by atoms with van der Waals surface area (Å²) in [4.78, 5) is 7.26. The van der Waals surface area contributed by atoms with Gasteiger partial charge in [0.25, 0.3) is 0 Å². The zero-order valence-corrected chi connectivity index (χ0v) is 20.8. The van der Waals surface area contributed by atoms with Crippen LogP contribution in [0.25, 0.3) is 0 Å². The highest BCUT2D eigenvalue weighted by atomic mass is 127. The number of hydrogen-bond acceptors (Lipinski definition) is 4. The summed E-state index contributed by atoms with van der Waals surface area (Å²) >= 11 is 0. The van der Waals surface area contributed by atoms with Gasteiger partial charge in [0.1, 0.15) is 11.6 Å². The Bertz CT molecular complexity index is 857. The van der Waals surface area contributed by atoms with Crippen LogP contribution >= 0.6 is 24.0 Å². The Kier molecular flexibility index (Phi) is 7.19. The fraction of sp³-hybridized carbons (Fsp3) is 0.571. The molecule has 1 saturated heterocycles. The average molecular weight is 512 g/mol. The molecule has 1 fully saturated rings. The minimum Gasteiger partial charge on any atom is -0.497 e. The van der Waals surface area contributed by atoms with Crippen LogP contribution in [0.5, 0.6) is 5.75 Å². The summed E-state index contributed by atoms with van der Waals surface area (Å²) in [5.74, 6) is 3.56. The molecule has 2 aromatic rings. The molecule has 0 saturated carbocycles. The summed E-state index contributed by atoms with van der Waals surface area (Å²) in [5, 5.41) is 11.9. The van der Waals surface area contributed by atoms with Gasteiger partial charge in [0.15, 0.2) is 11.8 Å². The largest absolute Gasteiger partial charge is 0.497 e. The van der Waals surface area contributed by atoms with Crippen LogP contribution in [-0.2, 0) is 20.1 Å². The SMILES string of the molecule is COc1ccc(CN=C(NCc2nnc(C)n2C)N2CC(C)(C)C2(C)C)cc1.I. The van der Waals surface area contributed by atoms with Gasteiger partial charge < -0.3 is 19.5 Å². The summed E-state index contributed by atoms with van der Waals surface area (Å²) in [6, 6.07) is 8.04. The number of hydrogen-bond donors (Lipinski definition) is 1. The molecule has 1 aliphatic rings. The predicted molar refractivity (Wildman–Crippen MR) is 127 cm³/mol. The fourth-order valence-electron chi connectivity index (χ4n) is 3.30. The van der Waals surface area contributed by atoms with E-state index in [0.717, 1.165) is 35.5 Å². The predicted octanol–water partition coefficient (Wildman–Crippen LogP) is 3.52. The summed E-state index contributed by atoms with van der Waals surface area (Å²) in [7, 11) is 3.66. The number of halogens is 1. The lowest BCUT2D eigenvalue weighted by atomic mass is 9.65. The molecular weight excluding hydrogens is 479 g/mol. The Balaban J connectivity index is 0.00000300. The first-order valence-corrected chi connectivity index (χ1v) is 9.69. The van der Waals surface area contributed by atoms with Gasteiger partial charge in [-0.2, -0.15) is 0 Å². The third-order valence-corrected chi connectivity index (χ3v) is 6.30. The van der Waals surface area contributed by atoms with Gasteiger partial charge in [-0.1, -0.05) is 26.0 Å². The smallest absolute Gasteiger partial charge is 0.195 e. The molecule has 1 N–H and O–H groups in total. The zero-order valence-electron chi connectivity index (χ0n) is 18.5. The van der Waals surface area contributed by atoms with Gasteiger partial charge in [0, 0.05) is 24.5 Å². The Labute approximate surface area is 191 Å². The molecule has 8 heteroatoms. The molecule has 29 heavy (non-hydrogen) atoms. The number of guanidine groups is 1. The van der Waals surface area contributed by atoms with Crippen molar-refractivity contribution in [2.24, 2.45) is 17.5 Å². The van der Waals surface area contributed by atoms with Crippen molar-refractivity contribution in [3.63, 3.8) is 0 Å². The first kappa shape index (κ1) is 23.4. The number of methoxy groups -OCH3 is 1. The molecule has 0 spiro atoms. The summed E-state index contributed by atoms with van der Waals surface area (Å²) in [5.41, 5.74) is 1.40. The molecule has 2 heterocycles. The Hall–Kier alpha value is -1.84. The molecule has 1 aromatic carbocycles. The third kappa shape index (κ3) is 4.67. The van der Waals surface area contributed by atoms with Gasteiger partial charge >= 0.3 is 0 Å². The van der Waals surface area contributed by atoms with E-state index in [9.17, 15) is 0 Å². The van der Waals surface area contributed by atoms with Gasteiger partial charge in [-0.25, -0.2) is 4.99 Å². The second-order valence-electron chi connectivity index (χ2n) is 8.59. The zero-order chi connectivity index (χ0) is 20.5. The van der Waals surface area contributed by atoms with Crippen LogP contribution in [0.1, 0.15) is 44.9 Å². The van der Waals surface area contributed by atoms with Crippen LogP contribution in [0.2, 0.25) is 0 Å². The third-order valence-electron chi connectivity index (χ3n) is 6.30. The number of ether oxygens (including phenoxy) is 1. The first-order chi connectivity index (χ1) is 13.2. The van der Waals surface area contributed by atoms with Crippen molar-refractivity contribution in [3.8, 4) is 5.75 Å². The van der Waals surface area contributed by atoms with E-state index in [1.807, 2.05) is 30.7 Å². The lowest BCUT2D eigenvalue weighted by Gasteiger charge is -2.62. The fourth-order valence-corrected chi connectivity index (χ4v) is 3.30. The summed E-state index contributed by atoms with van der Waals surface area (Å²) < 4.78 is 7.24. The van der Waals surface area contributed by atoms with Crippen molar-refractivity contribution in [1.29, 1.82) is 0 Å². The van der Waals surface area contributed by atoms with Crippen LogP contribution in [0, 0.1) is 12.3 Å². The lowest BCUT2D eigenvalue weighted by Crippen LogP contribution is -2.72. The molecule has 1 aromatic heterocycles. The molecule has 1 aliphatic heterocycles. The van der Waals surface area contributed by atoms with Gasteiger partial charge in [-0.15, -0.1) is 34.2 Å². The first-order valence-electron chi connectivity index (χ1n) is 9.69. The quantitative estimate of drug-likeness (QED) is 0.378. The van der Waals surface area contributed by atoms with Gasteiger partial charge in [-0.3, -0.25) is 0 Å². The molecule has 0 bridgehead atoms. The Morgan fingerprint density at radius 2 is 1.83 bits per heavy atom. The maximum atomic E-state index is 5.24. The number of likely N-dealkylation sites (tertiary alicyclic amines) is 1. The lowest BCUT2D eigenvalue weighted by molar-refractivity contribution is -0.0669. The highest BCUT2D eigenvalue weighted by Gasteiger charge is 2.53. The number of aryl methyl sites for hydroxylation is 1. The number of aromatic nitrogens is 3. The van der Waals surface area contributed by atoms with Crippen molar-refractivity contribution in [2.75, 3.05) is 13.7 Å². The van der Waals surface area contributed by atoms with Gasteiger partial charge in [0.05, 0.1) is 20.2 Å². The highest BCUT2D eigenvalue weighted by Crippen LogP contribution is 2.46. The molecule has 0 atom stereocenters. The maximum Gasteiger partial charge on any atom is 0.195 e. The van der Waals surface area contributed by atoms with E-state index >= 15 is 0 Å².